The number of nitrogens with zero attached hydrogens (tertiary/aromatic N) is 1. The second kappa shape index (κ2) is 6.23. The zero-order chi connectivity index (χ0) is 15.4. The predicted molar refractivity (Wildman–Crippen MR) is 75.8 cm³/mol. The predicted octanol–water partition coefficient (Wildman–Crippen LogP) is 3.53. The molecule has 0 aliphatic carbocycles. The van der Waals surface area contributed by atoms with Crippen LogP contribution >= 0.6 is 11.6 Å². The van der Waals surface area contributed by atoms with Gasteiger partial charge in [-0.2, -0.15) is 0 Å². The molecule has 0 aromatic heterocycles. The van der Waals surface area contributed by atoms with E-state index in [0.717, 1.165) is 0 Å². The minimum absolute atomic E-state index is 0.0705. The van der Waals surface area contributed by atoms with Crippen molar-refractivity contribution in [1.29, 1.82) is 0 Å². The highest BCUT2D eigenvalue weighted by Crippen LogP contribution is 2.27. The zero-order valence-electron chi connectivity index (χ0n) is 10.7. The highest BCUT2D eigenvalue weighted by Gasteiger charge is 2.17. The molecule has 0 saturated heterocycles. The lowest BCUT2D eigenvalue weighted by Crippen LogP contribution is -2.02. The van der Waals surface area contributed by atoms with Gasteiger partial charge in [0.05, 0.1) is 21.1 Å². The molecule has 0 fully saturated rings. The molecule has 0 bridgehead atoms. The molecule has 0 aliphatic rings. The normalized spacial score (nSPS) is 10.1. The van der Waals surface area contributed by atoms with E-state index in [1.807, 2.05) is 0 Å². The van der Waals surface area contributed by atoms with Crippen molar-refractivity contribution in [3.05, 3.63) is 68.7 Å². The third-order valence-electron chi connectivity index (χ3n) is 2.75. The first-order valence-corrected chi connectivity index (χ1v) is 6.25. The molecule has 0 atom stereocenters. The summed E-state index contributed by atoms with van der Waals surface area (Å²) >= 11 is 5.94. The highest BCUT2D eigenvalue weighted by molar-refractivity contribution is 6.31. The van der Waals surface area contributed by atoms with Gasteiger partial charge in [0.1, 0.15) is 12.4 Å². The maximum atomic E-state index is 10.9. The molecule has 6 nitrogen and oxygen atoms in total. The minimum atomic E-state index is -1.08. The van der Waals surface area contributed by atoms with Crippen LogP contribution in [0.4, 0.5) is 5.69 Å². The molecular weight excluding hydrogens is 298 g/mol. The van der Waals surface area contributed by atoms with Crippen LogP contribution in [0, 0.1) is 10.1 Å². The Bertz CT molecular complexity index is 702. The summed E-state index contributed by atoms with van der Waals surface area (Å²) in [7, 11) is 0. The van der Waals surface area contributed by atoms with Crippen molar-refractivity contribution in [2.24, 2.45) is 0 Å². The summed E-state index contributed by atoms with van der Waals surface area (Å²) in [6, 6.07) is 10.2. The summed E-state index contributed by atoms with van der Waals surface area (Å²) in [5, 5.41) is 20.1. The fourth-order valence-corrected chi connectivity index (χ4v) is 1.96. The molecule has 0 saturated carbocycles. The van der Waals surface area contributed by atoms with Crippen LogP contribution in [0.3, 0.4) is 0 Å². The Morgan fingerprint density at radius 1 is 1.29 bits per heavy atom. The molecule has 0 aliphatic heterocycles. The number of carboxylic acids is 1. The Hall–Kier alpha value is -2.60. The monoisotopic (exact) mass is 307 g/mol. The summed E-state index contributed by atoms with van der Waals surface area (Å²) in [6.45, 7) is -0.126. The maximum absolute atomic E-state index is 10.9. The van der Waals surface area contributed by atoms with Crippen LogP contribution in [-0.2, 0) is 6.61 Å². The van der Waals surface area contributed by atoms with Gasteiger partial charge in [0.15, 0.2) is 0 Å². The van der Waals surface area contributed by atoms with E-state index >= 15 is 0 Å². The van der Waals surface area contributed by atoms with Gasteiger partial charge in [0.2, 0.25) is 0 Å². The van der Waals surface area contributed by atoms with Gasteiger partial charge >= 0.3 is 5.97 Å². The van der Waals surface area contributed by atoms with Crippen LogP contribution in [0.2, 0.25) is 5.02 Å². The first-order chi connectivity index (χ1) is 9.99. The summed E-state index contributed by atoms with van der Waals surface area (Å²) in [4.78, 5) is 21.3. The third kappa shape index (κ3) is 3.49. The number of nitro benzene ring substituents is 1. The lowest BCUT2D eigenvalue weighted by Gasteiger charge is -2.08. The van der Waals surface area contributed by atoms with Crippen LogP contribution in [0.1, 0.15) is 15.9 Å². The number of ether oxygens (including phenoxy) is 1. The van der Waals surface area contributed by atoms with Crippen molar-refractivity contribution in [2.45, 2.75) is 6.61 Å². The molecule has 0 unspecified atom stereocenters. The summed E-state index contributed by atoms with van der Waals surface area (Å²) < 4.78 is 5.40. The topological polar surface area (TPSA) is 89.7 Å². The molecule has 21 heavy (non-hydrogen) atoms. The Labute approximate surface area is 124 Å². The van der Waals surface area contributed by atoms with Gasteiger partial charge in [-0.3, -0.25) is 10.1 Å². The van der Waals surface area contributed by atoms with E-state index in [1.165, 1.54) is 36.4 Å². The fraction of sp³-hybridized carbons (Fsp3) is 0.0714. The summed E-state index contributed by atoms with van der Waals surface area (Å²) in [6.07, 6.45) is 0. The molecule has 0 radical (unpaired) electrons. The zero-order valence-corrected chi connectivity index (χ0v) is 11.4. The van der Waals surface area contributed by atoms with Gasteiger partial charge in [-0.25, -0.2) is 4.79 Å². The number of benzene rings is 2. The number of aromatic carboxylic acids is 1. The van der Waals surface area contributed by atoms with Gasteiger partial charge in [-0.15, -0.1) is 0 Å². The summed E-state index contributed by atoms with van der Waals surface area (Å²) in [5.74, 6) is -0.784. The molecular formula is C14H10ClNO5. The van der Waals surface area contributed by atoms with Crippen molar-refractivity contribution in [2.75, 3.05) is 0 Å². The number of hydrogen-bond acceptors (Lipinski definition) is 4. The number of nitro groups is 1. The molecule has 7 heteroatoms. The van der Waals surface area contributed by atoms with Crippen molar-refractivity contribution >= 4 is 23.3 Å². The highest BCUT2D eigenvalue weighted by atomic mass is 35.5. The van der Waals surface area contributed by atoms with Crippen LogP contribution in [-0.4, -0.2) is 16.0 Å². The molecule has 108 valence electrons. The average Bonchev–Trinajstić information content (AvgIpc) is 2.46. The van der Waals surface area contributed by atoms with Gasteiger partial charge in [-0.05, 0) is 24.3 Å². The van der Waals surface area contributed by atoms with Crippen molar-refractivity contribution < 1.29 is 19.6 Å². The van der Waals surface area contributed by atoms with Crippen molar-refractivity contribution in [1.82, 2.24) is 0 Å². The van der Waals surface area contributed by atoms with Gasteiger partial charge in [0.25, 0.3) is 5.69 Å². The average molecular weight is 308 g/mol. The van der Waals surface area contributed by atoms with Gasteiger partial charge in [-0.1, -0.05) is 23.7 Å². The SMILES string of the molecule is O=C(O)c1cccc(OCc2c(Cl)cccc2[N+](=O)[O-])c1. The Morgan fingerprint density at radius 2 is 2.00 bits per heavy atom. The van der Waals surface area contributed by atoms with E-state index in [9.17, 15) is 14.9 Å². The number of halogens is 1. The maximum Gasteiger partial charge on any atom is 0.335 e. The van der Waals surface area contributed by atoms with Gasteiger partial charge in [0, 0.05) is 6.07 Å². The lowest BCUT2D eigenvalue weighted by molar-refractivity contribution is -0.385. The van der Waals surface area contributed by atoms with E-state index in [2.05, 4.69) is 0 Å². The third-order valence-corrected chi connectivity index (χ3v) is 3.11. The standard InChI is InChI=1S/C14H10ClNO5/c15-12-5-2-6-13(16(19)20)11(12)8-21-10-4-1-3-9(7-10)14(17)18/h1-7H,8H2,(H,17,18). The molecule has 2 aromatic carbocycles. The van der Waals surface area contributed by atoms with Crippen LogP contribution < -0.4 is 4.74 Å². The lowest BCUT2D eigenvalue weighted by atomic mass is 10.2. The van der Waals surface area contributed by atoms with E-state index < -0.39 is 10.9 Å². The Kier molecular flexibility index (Phi) is 4.39. The van der Waals surface area contributed by atoms with Crippen LogP contribution in [0.5, 0.6) is 5.75 Å². The van der Waals surface area contributed by atoms with Crippen molar-refractivity contribution in [3.63, 3.8) is 0 Å². The Balaban J connectivity index is 2.22. The van der Waals surface area contributed by atoms with Crippen LogP contribution in [0.25, 0.3) is 0 Å². The molecule has 0 amide bonds. The molecule has 2 rings (SSSR count). The minimum Gasteiger partial charge on any atom is -0.489 e. The second-order valence-electron chi connectivity index (χ2n) is 4.12. The number of rotatable bonds is 5. The molecule has 1 N–H and O–H groups in total. The van der Waals surface area contributed by atoms with Crippen LogP contribution in [0.15, 0.2) is 42.5 Å². The van der Waals surface area contributed by atoms with Crippen molar-refractivity contribution in [3.8, 4) is 5.75 Å². The number of carboxylic acid groups (broad SMARTS) is 1. The smallest absolute Gasteiger partial charge is 0.335 e. The van der Waals surface area contributed by atoms with E-state index in [4.69, 9.17) is 21.4 Å². The first kappa shape index (κ1) is 14.8. The first-order valence-electron chi connectivity index (χ1n) is 5.87. The van der Waals surface area contributed by atoms with E-state index in [0.29, 0.717) is 5.75 Å². The Morgan fingerprint density at radius 3 is 2.67 bits per heavy atom. The fourth-order valence-electron chi connectivity index (χ4n) is 1.74. The molecule has 0 heterocycles. The number of hydrogen-bond donors (Lipinski definition) is 1. The molecule has 0 spiro atoms. The molecule has 2 aromatic rings. The second-order valence-corrected chi connectivity index (χ2v) is 4.52. The largest absolute Gasteiger partial charge is 0.489 e. The summed E-state index contributed by atoms with van der Waals surface area (Å²) in [5.41, 5.74) is 0.169. The quantitative estimate of drug-likeness (QED) is 0.674. The number of carbonyl (C=O) groups is 1. The van der Waals surface area contributed by atoms with E-state index in [1.54, 1.807) is 6.07 Å². The van der Waals surface area contributed by atoms with Gasteiger partial charge < -0.3 is 9.84 Å². The van der Waals surface area contributed by atoms with E-state index in [-0.39, 0.29) is 28.4 Å².